The molecule has 0 spiro atoms. The van der Waals surface area contributed by atoms with Gasteiger partial charge < -0.3 is 0 Å². The summed E-state index contributed by atoms with van der Waals surface area (Å²) in [5.41, 5.74) is 3.98. The average Bonchev–Trinajstić information content (AvgIpc) is 2.03. The van der Waals surface area contributed by atoms with Gasteiger partial charge >= 0.3 is 0 Å². The molecule has 0 aliphatic heterocycles. The molecule has 13 heavy (non-hydrogen) atoms. The summed E-state index contributed by atoms with van der Waals surface area (Å²) >= 11 is 0. The van der Waals surface area contributed by atoms with Crippen molar-refractivity contribution in [3.05, 3.63) is 28.6 Å². The van der Waals surface area contributed by atoms with Crippen molar-refractivity contribution in [2.24, 2.45) is 0 Å². The summed E-state index contributed by atoms with van der Waals surface area (Å²) in [4.78, 5) is 15.3. The monoisotopic (exact) mass is 177 g/mol. The van der Waals surface area contributed by atoms with Crippen molar-refractivity contribution < 1.29 is 4.79 Å². The van der Waals surface area contributed by atoms with Crippen LogP contribution in [-0.2, 0) is 6.42 Å². The maximum Gasteiger partial charge on any atom is 0.178 e. The first-order valence-corrected chi connectivity index (χ1v) is 4.54. The van der Waals surface area contributed by atoms with Gasteiger partial charge in [0.1, 0.15) is 5.69 Å². The van der Waals surface area contributed by atoms with Crippen LogP contribution >= 0.6 is 0 Å². The molecule has 0 amide bonds. The van der Waals surface area contributed by atoms with Crippen molar-refractivity contribution in [2.45, 2.75) is 34.1 Å². The van der Waals surface area contributed by atoms with Gasteiger partial charge in [-0.3, -0.25) is 4.79 Å². The normalized spacial score (nSPS) is 10.2. The van der Waals surface area contributed by atoms with Crippen LogP contribution in [0, 0.1) is 13.8 Å². The highest BCUT2D eigenvalue weighted by Crippen LogP contribution is 2.14. The number of carbonyl (C=O) groups excluding carboxylic acids is 1. The first-order chi connectivity index (χ1) is 6.06. The van der Waals surface area contributed by atoms with Crippen LogP contribution in [0.5, 0.6) is 0 Å². The number of ketones is 1. The number of nitrogens with zero attached hydrogens (tertiary/aromatic N) is 1. The van der Waals surface area contributed by atoms with Gasteiger partial charge in [0.2, 0.25) is 0 Å². The van der Waals surface area contributed by atoms with E-state index in [1.54, 1.807) is 6.92 Å². The van der Waals surface area contributed by atoms with Crippen LogP contribution in [0.1, 0.15) is 41.2 Å². The third-order valence-electron chi connectivity index (χ3n) is 2.27. The SMILES string of the molecule is CCc1c(C)cc(C(C)=O)nc1C. The number of hydrogen-bond donors (Lipinski definition) is 0. The number of aromatic nitrogens is 1. The molecule has 0 N–H and O–H groups in total. The third kappa shape index (κ3) is 1.94. The lowest BCUT2D eigenvalue weighted by Gasteiger charge is -2.07. The van der Waals surface area contributed by atoms with Gasteiger partial charge in [0.05, 0.1) is 0 Å². The lowest BCUT2D eigenvalue weighted by Crippen LogP contribution is -2.03. The van der Waals surface area contributed by atoms with Gasteiger partial charge in [-0.25, -0.2) is 4.98 Å². The number of carbonyl (C=O) groups is 1. The molecule has 1 aromatic rings. The van der Waals surface area contributed by atoms with Crippen LogP contribution in [0.4, 0.5) is 0 Å². The summed E-state index contributed by atoms with van der Waals surface area (Å²) in [7, 11) is 0. The van der Waals surface area contributed by atoms with E-state index in [0.717, 1.165) is 12.1 Å². The smallest absolute Gasteiger partial charge is 0.178 e. The number of aryl methyl sites for hydroxylation is 2. The van der Waals surface area contributed by atoms with E-state index < -0.39 is 0 Å². The Labute approximate surface area is 79.0 Å². The molecule has 0 aromatic carbocycles. The zero-order valence-corrected chi connectivity index (χ0v) is 8.64. The van der Waals surface area contributed by atoms with Crippen molar-refractivity contribution in [3.63, 3.8) is 0 Å². The fraction of sp³-hybridized carbons (Fsp3) is 0.455. The first kappa shape index (κ1) is 9.90. The zero-order chi connectivity index (χ0) is 10.0. The Bertz CT molecular complexity index is 319. The molecule has 2 heteroatoms. The van der Waals surface area contributed by atoms with Crippen LogP contribution in [-0.4, -0.2) is 10.8 Å². The molecule has 0 fully saturated rings. The van der Waals surface area contributed by atoms with Crippen molar-refractivity contribution >= 4 is 5.78 Å². The summed E-state index contributed by atoms with van der Waals surface area (Å²) in [6.45, 7) is 7.63. The number of hydrogen-bond acceptors (Lipinski definition) is 2. The minimum Gasteiger partial charge on any atom is -0.293 e. The quantitative estimate of drug-likeness (QED) is 0.649. The Hall–Kier alpha value is -1.18. The molecular formula is C11H15NO. The minimum absolute atomic E-state index is 0.0360. The molecule has 2 nitrogen and oxygen atoms in total. The van der Waals surface area contributed by atoms with Gasteiger partial charge in [0.25, 0.3) is 0 Å². The Morgan fingerprint density at radius 2 is 2.08 bits per heavy atom. The lowest BCUT2D eigenvalue weighted by atomic mass is 10.0. The van der Waals surface area contributed by atoms with Gasteiger partial charge in [-0.05, 0) is 37.5 Å². The Morgan fingerprint density at radius 3 is 2.46 bits per heavy atom. The standard InChI is InChI=1S/C11H15NO/c1-5-10-7(2)6-11(9(4)13)12-8(10)3/h6H,5H2,1-4H3. The molecule has 0 atom stereocenters. The first-order valence-electron chi connectivity index (χ1n) is 4.54. The van der Waals surface area contributed by atoms with E-state index >= 15 is 0 Å². The predicted octanol–water partition coefficient (Wildman–Crippen LogP) is 2.46. The number of rotatable bonds is 2. The summed E-state index contributed by atoms with van der Waals surface area (Å²) in [5, 5.41) is 0. The fourth-order valence-corrected chi connectivity index (χ4v) is 1.57. The Morgan fingerprint density at radius 1 is 1.46 bits per heavy atom. The summed E-state index contributed by atoms with van der Waals surface area (Å²) in [6.07, 6.45) is 0.975. The summed E-state index contributed by atoms with van der Waals surface area (Å²) in [5.74, 6) is 0.0360. The van der Waals surface area contributed by atoms with E-state index in [4.69, 9.17) is 0 Å². The molecular weight excluding hydrogens is 162 g/mol. The van der Waals surface area contributed by atoms with E-state index in [9.17, 15) is 4.79 Å². The van der Waals surface area contributed by atoms with E-state index in [-0.39, 0.29) is 5.78 Å². The van der Waals surface area contributed by atoms with Crippen molar-refractivity contribution in [3.8, 4) is 0 Å². The van der Waals surface area contributed by atoms with Crippen LogP contribution in [0.2, 0.25) is 0 Å². The average molecular weight is 177 g/mol. The van der Waals surface area contributed by atoms with Crippen LogP contribution in [0.3, 0.4) is 0 Å². The maximum absolute atomic E-state index is 11.1. The summed E-state index contributed by atoms with van der Waals surface area (Å²) < 4.78 is 0. The molecule has 0 aliphatic carbocycles. The Balaban J connectivity index is 3.28. The molecule has 0 bridgehead atoms. The second-order valence-electron chi connectivity index (χ2n) is 3.30. The van der Waals surface area contributed by atoms with Crippen LogP contribution < -0.4 is 0 Å². The number of pyridine rings is 1. The fourth-order valence-electron chi connectivity index (χ4n) is 1.57. The maximum atomic E-state index is 11.1. The number of Topliss-reactive ketones (excluding diaryl/α,β-unsaturated/α-hetero) is 1. The molecule has 1 aromatic heterocycles. The highest BCUT2D eigenvalue weighted by atomic mass is 16.1. The van der Waals surface area contributed by atoms with Crippen molar-refractivity contribution in [2.75, 3.05) is 0 Å². The topological polar surface area (TPSA) is 30.0 Å². The van der Waals surface area contributed by atoms with Gasteiger partial charge in [-0.2, -0.15) is 0 Å². The van der Waals surface area contributed by atoms with Crippen molar-refractivity contribution in [1.82, 2.24) is 4.98 Å². The Kier molecular flexibility index (Phi) is 2.81. The summed E-state index contributed by atoms with van der Waals surface area (Å²) in [6, 6.07) is 1.87. The third-order valence-corrected chi connectivity index (χ3v) is 2.27. The van der Waals surface area contributed by atoms with Gasteiger partial charge in [0.15, 0.2) is 5.78 Å². The van der Waals surface area contributed by atoms with Crippen LogP contribution in [0.15, 0.2) is 6.07 Å². The molecule has 0 saturated heterocycles. The van der Waals surface area contributed by atoms with Gasteiger partial charge in [-0.15, -0.1) is 0 Å². The van der Waals surface area contributed by atoms with Gasteiger partial charge in [-0.1, -0.05) is 6.92 Å². The highest BCUT2D eigenvalue weighted by molar-refractivity contribution is 5.92. The lowest BCUT2D eigenvalue weighted by molar-refractivity contribution is 0.101. The largest absolute Gasteiger partial charge is 0.293 e. The molecule has 0 radical (unpaired) electrons. The molecule has 0 aliphatic rings. The van der Waals surface area contributed by atoms with E-state index in [1.807, 2.05) is 19.9 Å². The van der Waals surface area contributed by atoms with Crippen LogP contribution in [0.25, 0.3) is 0 Å². The predicted molar refractivity (Wildman–Crippen MR) is 53.1 cm³/mol. The van der Waals surface area contributed by atoms with E-state index in [0.29, 0.717) is 5.69 Å². The highest BCUT2D eigenvalue weighted by Gasteiger charge is 2.07. The second kappa shape index (κ2) is 3.69. The van der Waals surface area contributed by atoms with E-state index in [2.05, 4.69) is 11.9 Å². The molecule has 0 saturated carbocycles. The molecule has 70 valence electrons. The van der Waals surface area contributed by atoms with Gasteiger partial charge in [0, 0.05) is 12.6 Å². The minimum atomic E-state index is 0.0360. The molecule has 1 rings (SSSR count). The molecule has 0 unspecified atom stereocenters. The van der Waals surface area contributed by atoms with Crippen molar-refractivity contribution in [1.29, 1.82) is 0 Å². The van der Waals surface area contributed by atoms with E-state index in [1.165, 1.54) is 11.1 Å². The molecule has 1 heterocycles. The zero-order valence-electron chi connectivity index (χ0n) is 8.64. The second-order valence-corrected chi connectivity index (χ2v) is 3.30.